The van der Waals surface area contributed by atoms with Crippen molar-refractivity contribution < 1.29 is 36.1 Å². The van der Waals surface area contributed by atoms with Gasteiger partial charge in [0, 0.05) is 32.2 Å². The van der Waals surface area contributed by atoms with Gasteiger partial charge in [-0.2, -0.15) is 0 Å². The van der Waals surface area contributed by atoms with Crippen molar-refractivity contribution in [3.63, 3.8) is 0 Å². The first-order valence-electron chi connectivity index (χ1n) is 3.97. The maximum absolute atomic E-state index is 9.92. The topological polar surface area (TPSA) is 40.1 Å². The van der Waals surface area contributed by atoms with E-state index in [1.807, 2.05) is 0 Å². The molecular weight excluding hydrogens is 219 g/mol. The summed E-state index contributed by atoms with van der Waals surface area (Å²) < 4.78 is 0. The predicted octanol–water partition coefficient (Wildman–Crippen LogP) is 1.09. The average molecular weight is 234 g/mol. The third kappa shape index (κ3) is 13.4. The molecule has 3 heteroatoms. The molecule has 0 saturated carbocycles. The molecule has 0 heterocycles. The fourth-order valence-electron chi connectivity index (χ4n) is 0.873. The predicted molar refractivity (Wildman–Crippen MR) is 38.4 cm³/mol. The molecule has 0 fully saturated rings. The summed E-state index contributed by atoms with van der Waals surface area (Å²) >= 11 is 0. The van der Waals surface area contributed by atoms with Gasteiger partial charge < -0.3 is 9.90 Å². The Morgan fingerprint density at radius 2 is 1.73 bits per heavy atom. The van der Waals surface area contributed by atoms with Crippen LogP contribution in [0.5, 0.6) is 0 Å². The van der Waals surface area contributed by atoms with Crippen molar-refractivity contribution in [1.29, 1.82) is 0 Å². The molecule has 0 spiro atoms. The largest absolute Gasteiger partial charge is 0.550 e. The van der Waals surface area contributed by atoms with E-state index < -0.39 is 5.97 Å². The zero-order valence-electron chi connectivity index (χ0n) is 7.06. The molecule has 0 unspecified atom stereocenters. The molecular formula is C8H15O2Zr-. The van der Waals surface area contributed by atoms with Crippen LogP contribution in [0.15, 0.2) is 0 Å². The van der Waals surface area contributed by atoms with Crippen LogP contribution in [0.3, 0.4) is 0 Å². The number of unbranched alkanes of at least 4 members (excludes halogenated alkanes) is 4. The summed E-state index contributed by atoms with van der Waals surface area (Å²) in [6, 6.07) is 0. The minimum atomic E-state index is -0.920. The van der Waals surface area contributed by atoms with Gasteiger partial charge in [-0.1, -0.05) is 32.6 Å². The van der Waals surface area contributed by atoms with Crippen molar-refractivity contribution in [2.75, 3.05) is 0 Å². The second-order valence-electron chi connectivity index (χ2n) is 2.54. The van der Waals surface area contributed by atoms with Crippen molar-refractivity contribution in [1.82, 2.24) is 0 Å². The molecule has 2 nitrogen and oxygen atoms in total. The van der Waals surface area contributed by atoms with Crippen LogP contribution in [0.1, 0.15) is 45.4 Å². The minimum Gasteiger partial charge on any atom is -0.550 e. The SMILES string of the molecule is CCCCCCCC(=O)[O-].[Zr]. The molecule has 0 aromatic heterocycles. The third-order valence-electron chi connectivity index (χ3n) is 1.48. The summed E-state index contributed by atoms with van der Waals surface area (Å²) in [7, 11) is 0. The molecule has 0 aliphatic rings. The summed E-state index contributed by atoms with van der Waals surface area (Å²) in [6.45, 7) is 2.14. The smallest absolute Gasteiger partial charge is 0.0414 e. The number of hydrogen-bond donors (Lipinski definition) is 0. The van der Waals surface area contributed by atoms with E-state index in [4.69, 9.17) is 0 Å². The zero-order chi connectivity index (χ0) is 7.82. The minimum absolute atomic E-state index is 0. The van der Waals surface area contributed by atoms with Gasteiger partial charge in [-0.05, 0) is 12.8 Å². The van der Waals surface area contributed by atoms with Crippen molar-refractivity contribution >= 4 is 5.97 Å². The van der Waals surface area contributed by atoms with E-state index >= 15 is 0 Å². The van der Waals surface area contributed by atoms with Crippen LogP contribution >= 0.6 is 0 Å². The van der Waals surface area contributed by atoms with E-state index in [2.05, 4.69) is 6.92 Å². The number of hydrogen-bond acceptors (Lipinski definition) is 2. The third-order valence-corrected chi connectivity index (χ3v) is 1.48. The summed E-state index contributed by atoms with van der Waals surface area (Å²) in [5.74, 6) is -0.920. The first-order chi connectivity index (χ1) is 4.77. The molecule has 0 radical (unpaired) electrons. The Hall–Kier alpha value is 0.353. The van der Waals surface area contributed by atoms with Gasteiger partial charge >= 0.3 is 0 Å². The molecule has 0 aromatic rings. The number of carboxylic acid groups (broad SMARTS) is 1. The van der Waals surface area contributed by atoms with Crippen molar-refractivity contribution in [2.45, 2.75) is 45.4 Å². The molecule has 0 N–H and O–H groups in total. The standard InChI is InChI=1S/C8H16O2.Zr/c1-2-3-4-5-6-7-8(9)10;/h2-7H2,1H3,(H,9,10);/p-1. The Labute approximate surface area is 87.5 Å². The zero-order valence-corrected chi connectivity index (χ0v) is 9.52. The van der Waals surface area contributed by atoms with Gasteiger partial charge in [0.25, 0.3) is 0 Å². The van der Waals surface area contributed by atoms with Gasteiger partial charge in [-0.15, -0.1) is 0 Å². The van der Waals surface area contributed by atoms with Gasteiger partial charge in [0.15, 0.2) is 0 Å². The van der Waals surface area contributed by atoms with Crippen LogP contribution in [0.2, 0.25) is 0 Å². The summed E-state index contributed by atoms with van der Waals surface area (Å²) in [4.78, 5) is 9.92. The van der Waals surface area contributed by atoms with Gasteiger partial charge in [-0.25, -0.2) is 0 Å². The van der Waals surface area contributed by atoms with E-state index in [-0.39, 0.29) is 32.6 Å². The van der Waals surface area contributed by atoms with E-state index in [1.54, 1.807) is 0 Å². The van der Waals surface area contributed by atoms with Crippen LogP contribution < -0.4 is 5.11 Å². The van der Waals surface area contributed by atoms with Gasteiger partial charge in [-0.3, -0.25) is 0 Å². The molecule has 0 aliphatic heterocycles. The van der Waals surface area contributed by atoms with Crippen LogP contribution in [0.4, 0.5) is 0 Å². The normalized spacial score (nSPS) is 8.82. The first kappa shape index (κ1) is 13.9. The number of carbonyl (C=O) groups excluding carboxylic acids is 1. The molecule has 0 aromatic carbocycles. The van der Waals surface area contributed by atoms with E-state index in [0.717, 1.165) is 19.3 Å². The molecule has 0 amide bonds. The Morgan fingerprint density at radius 1 is 1.18 bits per heavy atom. The Bertz CT molecular complexity index is 94.1. The number of aliphatic carboxylic acids is 1. The number of rotatable bonds is 6. The second-order valence-corrected chi connectivity index (χ2v) is 2.54. The van der Waals surface area contributed by atoms with E-state index in [1.165, 1.54) is 12.8 Å². The molecule has 0 bridgehead atoms. The summed E-state index contributed by atoms with van der Waals surface area (Å²) in [5.41, 5.74) is 0. The van der Waals surface area contributed by atoms with Gasteiger partial charge in [0.1, 0.15) is 0 Å². The van der Waals surface area contributed by atoms with Crippen LogP contribution in [0.25, 0.3) is 0 Å². The molecule has 11 heavy (non-hydrogen) atoms. The summed E-state index contributed by atoms with van der Waals surface area (Å²) in [5, 5.41) is 9.92. The van der Waals surface area contributed by atoms with Gasteiger partial charge in [0.2, 0.25) is 0 Å². The molecule has 0 aliphatic carbocycles. The Balaban J connectivity index is 0. The average Bonchev–Trinajstić information content (AvgIpc) is 1.87. The molecule has 0 saturated heterocycles. The summed E-state index contributed by atoms with van der Waals surface area (Å²) in [6.07, 6.45) is 5.61. The Kier molecular flexibility index (Phi) is 13.1. The van der Waals surface area contributed by atoms with E-state index in [0.29, 0.717) is 0 Å². The second kappa shape index (κ2) is 10.4. The van der Waals surface area contributed by atoms with Gasteiger partial charge in [0.05, 0.1) is 0 Å². The number of carbonyl (C=O) groups is 1. The quantitative estimate of drug-likeness (QED) is 0.646. The monoisotopic (exact) mass is 233 g/mol. The first-order valence-corrected chi connectivity index (χ1v) is 3.97. The molecule has 0 atom stereocenters. The Morgan fingerprint density at radius 3 is 2.18 bits per heavy atom. The molecule has 0 rings (SSSR count). The van der Waals surface area contributed by atoms with Crippen LogP contribution in [-0.4, -0.2) is 5.97 Å². The van der Waals surface area contributed by atoms with Crippen molar-refractivity contribution in [3.05, 3.63) is 0 Å². The fraction of sp³-hybridized carbons (Fsp3) is 0.875. The van der Waals surface area contributed by atoms with Crippen molar-refractivity contribution in [3.8, 4) is 0 Å². The van der Waals surface area contributed by atoms with Crippen LogP contribution in [0, 0.1) is 0 Å². The number of carboxylic acids is 1. The maximum Gasteiger partial charge on any atom is 0.0414 e. The van der Waals surface area contributed by atoms with E-state index in [9.17, 15) is 9.90 Å². The fourth-order valence-corrected chi connectivity index (χ4v) is 0.873. The van der Waals surface area contributed by atoms with Crippen molar-refractivity contribution in [2.24, 2.45) is 0 Å². The van der Waals surface area contributed by atoms with Crippen LogP contribution in [-0.2, 0) is 31.0 Å². The molecule has 64 valence electrons. The maximum atomic E-state index is 9.92.